The molecule has 0 amide bonds. The minimum atomic E-state index is -1.60. The Balaban J connectivity index is 3.49. The molecule has 0 rings (SSSR count). The smallest absolute Gasteiger partial charge is 0.402 e. The fraction of sp³-hybridized carbons (Fsp3) is 0.889. The first kappa shape index (κ1) is 13.2. The van der Waals surface area contributed by atoms with Crippen molar-refractivity contribution >= 4 is 6.16 Å². The van der Waals surface area contributed by atoms with Crippen LogP contribution in [0.15, 0.2) is 0 Å². The maximum atomic E-state index is 10.00. The predicted molar refractivity (Wildman–Crippen MR) is 48.0 cm³/mol. The molecule has 0 aromatic rings. The molecular weight excluding hydrogens is 188 g/mol. The monoisotopic (exact) mass is 205 g/mol. The van der Waals surface area contributed by atoms with Crippen molar-refractivity contribution in [3.63, 3.8) is 0 Å². The van der Waals surface area contributed by atoms with Gasteiger partial charge in [0.25, 0.3) is 0 Å². The molecule has 0 saturated heterocycles. The van der Waals surface area contributed by atoms with Crippen LogP contribution < -0.4 is 0 Å². The van der Waals surface area contributed by atoms with Crippen LogP contribution in [0.2, 0.25) is 0 Å². The van der Waals surface area contributed by atoms with Gasteiger partial charge < -0.3 is 14.2 Å². The Morgan fingerprint density at radius 1 is 1.29 bits per heavy atom. The number of unbranched alkanes of at least 4 members (excludes halogenated alkanes) is 1. The third kappa shape index (κ3) is 7.82. The lowest BCUT2D eigenvalue weighted by molar-refractivity contribution is -0.218. The largest absolute Gasteiger partial charge is 0.552 e. The highest BCUT2D eigenvalue weighted by molar-refractivity contribution is 5.56. The van der Waals surface area contributed by atoms with E-state index in [1.165, 1.54) is 6.92 Å². The van der Waals surface area contributed by atoms with Crippen LogP contribution in [-0.2, 0) is 19.3 Å². The second-order valence-corrected chi connectivity index (χ2v) is 2.86. The number of carbonyl (C=O) groups excluding carboxylic acids is 1. The van der Waals surface area contributed by atoms with Crippen LogP contribution in [0.4, 0.5) is 4.79 Å². The molecule has 0 bridgehead atoms. The number of hydrogen-bond acceptors (Lipinski definition) is 4. The fourth-order valence-corrected chi connectivity index (χ4v) is 0.866. The fourth-order valence-electron chi connectivity index (χ4n) is 0.866. The van der Waals surface area contributed by atoms with Gasteiger partial charge in [0.05, 0.1) is 0 Å². The maximum absolute atomic E-state index is 10.00. The average molecular weight is 205 g/mol. The van der Waals surface area contributed by atoms with Crippen LogP contribution in [0.5, 0.6) is 0 Å². The number of carbonyl (C=O) groups is 1. The molecule has 0 N–H and O–H groups in total. The third-order valence-electron chi connectivity index (χ3n) is 1.50. The lowest BCUT2D eigenvalue weighted by atomic mass is 10.4. The van der Waals surface area contributed by atoms with Gasteiger partial charge in [0.2, 0.25) is 6.29 Å². The molecule has 1 radical (unpaired) electrons. The van der Waals surface area contributed by atoms with Gasteiger partial charge in [-0.15, -0.1) is 0 Å². The molecule has 0 aliphatic rings. The van der Waals surface area contributed by atoms with E-state index in [0.29, 0.717) is 6.61 Å². The van der Waals surface area contributed by atoms with E-state index in [1.807, 2.05) is 0 Å². The van der Waals surface area contributed by atoms with Crippen molar-refractivity contribution in [3.05, 3.63) is 0 Å². The minimum Gasteiger partial charge on any atom is -0.402 e. The first-order valence-electron chi connectivity index (χ1n) is 4.71. The topological polar surface area (TPSA) is 64.7 Å². The summed E-state index contributed by atoms with van der Waals surface area (Å²) in [6.07, 6.45) is -0.952. The lowest BCUT2D eigenvalue weighted by Crippen LogP contribution is -2.24. The zero-order valence-corrected chi connectivity index (χ0v) is 8.82. The molecule has 0 spiro atoms. The van der Waals surface area contributed by atoms with Crippen LogP contribution in [0.25, 0.3) is 0 Å². The van der Waals surface area contributed by atoms with E-state index in [1.54, 1.807) is 6.92 Å². The summed E-state index contributed by atoms with van der Waals surface area (Å²) < 4.78 is 14.5. The highest BCUT2D eigenvalue weighted by Gasteiger charge is 2.12. The van der Waals surface area contributed by atoms with Gasteiger partial charge in [0.1, 0.15) is 0 Å². The van der Waals surface area contributed by atoms with E-state index in [9.17, 15) is 9.90 Å². The SMILES string of the molecule is CCCCOC(C)OC(C)OC([O])=O. The molecule has 83 valence electrons. The van der Waals surface area contributed by atoms with E-state index in [-0.39, 0.29) is 0 Å². The standard InChI is InChI=1S/C9H17O5/c1-4-5-6-12-7(2)13-8(3)14-9(10)11/h7-8H,4-6H2,1-3H3. The summed E-state index contributed by atoms with van der Waals surface area (Å²) in [5.74, 6) is 0. The number of rotatable bonds is 7. The van der Waals surface area contributed by atoms with Crippen LogP contribution in [0.1, 0.15) is 33.6 Å². The predicted octanol–water partition coefficient (Wildman–Crippen LogP) is 2.08. The Morgan fingerprint density at radius 3 is 2.43 bits per heavy atom. The summed E-state index contributed by atoms with van der Waals surface area (Å²) in [5, 5.41) is 10.00. The summed E-state index contributed by atoms with van der Waals surface area (Å²) in [7, 11) is 0. The molecule has 5 nitrogen and oxygen atoms in total. The van der Waals surface area contributed by atoms with Gasteiger partial charge in [0, 0.05) is 6.61 Å². The summed E-state index contributed by atoms with van der Waals surface area (Å²) in [6.45, 7) is 5.80. The van der Waals surface area contributed by atoms with Gasteiger partial charge >= 0.3 is 6.16 Å². The first-order chi connectivity index (χ1) is 6.56. The van der Waals surface area contributed by atoms with Crippen molar-refractivity contribution in [1.29, 1.82) is 0 Å². The molecule has 0 fully saturated rings. The first-order valence-corrected chi connectivity index (χ1v) is 4.71. The van der Waals surface area contributed by atoms with Gasteiger partial charge in [-0.2, -0.15) is 9.90 Å². The highest BCUT2D eigenvalue weighted by Crippen LogP contribution is 2.02. The second-order valence-electron chi connectivity index (χ2n) is 2.86. The van der Waals surface area contributed by atoms with Crippen LogP contribution in [-0.4, -0.2) is 25.3 Å². The van der Waals surface area contributed by atoms with Gasteiger partial charge in [-0.05, 0) is 20.3 Å². The Bertz CT molecular complexity index is 159. The molecule has 0 aromatic heterocycles. The van der Waals surface area contributed by atoms with Crippen LogP contribution in [0, 0.1) is 0 Å². The summed E-state index contributed by atoms with van der Waals surface area (Å²) in [6, 6.07) is 0. The Hall–Kier alpha value is -0.810. The van der Waals surface area contributed by atoms with Crippen molar-refractivity contribution in [2.75, 3.05) is 6.61 Å². The molecule has 0 aliphatic heterocycles. The van der Waals surface area contributed by atoms with E-state index in [2.05, 4.69) is 11.7 Å². The van der Waals surface area contributed by atoms with E-state index in [0.717, 1.165) is 12.8 Å². The van der Waals surface area contributed by atoms with Gasteiger partial charge in [-0.1, -0.05) is 13.3 Å². The number of hydrogen-bond donors (Lipinski definition) is 0. The van der Waals surface area contributed by atoms with Crippen molar-refractivity contribution in [2.45, 2.75) is 46.2 Å². The zero-order chi connectivity index (χ0) is 11.0. The van der Waals surface area contributed by atoms with Crippen LogP contribution in [0.3, 0.4) is 0 Å². The molecule has 2 atom stereocenters. The third-order valence-corrected chi connectivity index (χ3v) is 1.50. The van der Waals surface area contributed by atoms with E-state index < -0.39 is 18.7 Å². The Kier molecular flexibility index (Phi) is 7.14. The summed E-state index contributed by atoms with van der Waals surface area (Å²) in [4.78, 5) is 10.00. The molecule has 0 aromatic carbocycles. The van der Waals surface area contributed by atoms with Crippen LogP contribution >= 0.6 is 0 Å². The number of ether oxygens (including phenoxy) is 3. The van der Waals surface area contributed by atoms with Gasteiger partial charge in [-0.3, -0.25) is 0 Å². The normalized spacial score (nSPS) is 14.8. The van der Waals surface area contributed by atoms with Crippen molar-refractivity contribution in [1.82, 2.24) is 0 Å². The lowest BCUT2D eigenvalue weighted by Gasteiger charge is -2.17. The summed E-state index contributed by atoms with van der Waals surface area (Å²) in [5.41, 5.74) is 0. The van der Waals surface area contributed by atoms with Crippen molar-refractivity contribution < 1.29 is 24.1 Å². The quantitative estimate of drug-likeness (QED) is 0.362. The minimum absolute atomic E-state index is 0.476. The van der Waals surface area contributed by atoms with Crippen molar-refractivity contribution in [3.8, 4) is 0 Å². The molecule has 2 unspecified atom stereocenters. The molecule has 0 heterocycles. The molecular formula is C9H17O5. The average Bonchev–Trinajstić information content (AvgIpc) is 2.02. The summed E-state index contributed by atoms with van der Waals surface area (Å²) >= 11 is 0. The van der Waals surface area contributed by atoms with Gasteiger partial charge in [-0.25, -0.2) is 0 Å². The molecule has 14 heavy (non-hydrogen) atoms. The zero-order valence-electron chi connectivity index (χ0n) is 8.82. The molecule has 0 aliphatic carbocycles. The second kappa shape index (κ2) is 7.58. The Labute approximate surface area is 84.0 Å². The van der Waals surface area contributed by atoms with E-state index in [4.69, 9.17) is 9.47 Å². The highest BCUT2D eigenvalue weighted by atomic mass is 16.8. The van der Waals surface area contributed by atoms with Crippen molar-refractivity contribution in [2.24, 2.45) is 0 Å². The maximum Gasteiger partial charge on any atom is 0.552 e. The van der Waals surface area contributed by atoms with Gasteiger partial charge in [0.15, 0.2) is 6.29 Å². The molecule has 0 saturated carbocycles. The molecule has 5 heteroatoms. The van der Waals surface area contributed by atoms with E-state index >= 15 is 0 Å². The Morgan fingerprint density at radius 2 is 1.93 bits per heavy atom.